The van der Waals surface area contributed by atoms with Gasteiger partial charge in [-0.05, 0) is 26.7 Å². The topological polar surface area (TPSA) is 224 Å². The fourth-order valence-corrected chi connectivity index (χ4v) is 6.64. The molecule has 0 aliphatic carbocycles. The number of hydrogen-bond acceptors (Lipinski definition) is 13. The third-order valence-electron chi connectivity index (χ3n) is 9.77. The van der Waals surface area contributed by atoms with Gasteiger partial charge in [-0.25, -0.2) is 0 Å². The summed E-state index contributed by atoms with van der Waals surface area (Å²) in [6.45, 7) is 7.03. The van der Waals surface area contributed by atoms with Gasteiger partial charge in [0.15, 0.2) is 0 Å². The van der Waals surface area contributed by atoms with E-state index in [9.17, 15) is 50.4 Å². The van der Waals surface area contributed by atoms with E-state index in [4.69, 9.17) is 14.2 Å². The van der Waals surface area contributed by atoms with E-state index in [1.807, 2.05) is 0 Å². The van der Waals surface area contributed by atoms with Crippen LogP contribution >= 0.6 is 0 Å². The number of hydrogen-bond donors (Lipinski definition) is 8. The largest absolute Gasteiger partial charge is 0.392 e. The summed E-state index contributed by atoms with van der Waals surface area (Å²) in [6, 6.07) is 0. The molecular formula is C34H62O13. The van der Waals surface area contributed by atoms with Gasteiger partial charge in [0, 0.05) is 0 Å². The summed E-state index contributed by atoms with van der Waals surface area (Å²) in [7, 11) is 0. The summed E-state index contributed by atoms with van der Waals surface area (Å²) in [5, 5.41) is 85.4. The number of ether oxygens (including phenoxy) is 3. The van der Waals surface area contributed by atoms with Crippen LogP contribution in [0, 0.1) is 11.8 Å². The number of aliphatic hydroxyl groups excluding tert-OH is 8. The molecule has 2 aliphatic rings. The van der Waals surface area contributed by atoms with E-state index in [0.29, 0.717) is 12.8 Å². The number of carbonyl (C=O) groups excluding carboxylic acids is 2. The minimum absolute atomic E-state index is 0.0909. The Kier molecular flexibility index (Phi) is 18.8. The van der Waals surface area contributed by atoms with Gasteiger partial charge in [0.1, 0.15) is 60.7 Å². The van der Waals surface area contributed by atoms with Crippen LogP contribution in [0.4, 0.5) is 0 Å². The second kappa shape index (κ2) is 21.1. The van der Waals surface area contributed by atoms with Gasteiger partial charge < -0.3 is 55.1 Å². The standard InChI is InChI=1S/C34H62O13/c1-5-7-9-11-12-14-16-18-22(36)24(32-30(42)28(40)26(38)20(4)46-32)34(44)47-33(43)23(21(35)17-15-13-10-8-6-2)31-29(41)27(39)25(37)19(3)45-31/h19-32,35-42H,5-18H2,1-4H3/t19-,20-,21?,22?,23?,24?,25-,26-,27+,28+,29+,30+,31-,32-/m0/s1. The van der Waals surface area contributed by atoms with Crippen LogP contribution in [-0.4, -0.2) is 126 Å². The molecule has 2 aliphatic heterocycles. The van der Waals surface area contributed by atoms with Gasteiger partial charge in [-0.3, -0.25) is 9.59 Å². The van der Waals surface area contributed by atoms with Gasteiger partial charge in [-0.2, -0.15) is 0 Å². The van der Waals surface area contributed by atoms with Gasteiger partial charge in [-0.1, -0.05) is 90.9 Å². The minimum atomic E-state index is -1.80. The molecular weight excluding hydrogens is 616 g/mol. The van der Waals surface area contributed by atoms with E-state index < -0.39 is 97.0 Å². The highest BCUT2D eigenvalue weighted by Gasteiger charge is 2.53. The molecule has 2 rings (SSSR count). The van der Waals surface area contributed by atoms with E-state index in [-0.39, 0.29) is 12.8 Å². The Morgan fingerprint density at radius 2 is 0.851 bits per heavy atom. The molecule has 4 unspecified atom stereocenters. The number of aliphatic hydroxyl groups is 8. The summed E-state index contributed by atoms with van der Waals surface area (Å²) >= 11 is 0. The lowest BCUT2D eigenvalue weighted by Gasteiger charge is -2.43. The average molecular weight is 679 g/mol. The summed E-state index contributed by atoms with van der Waals surface area (Å²) in [5.41, 5.74) is 0. The molecule has 2 fully saturated rings. The molecule has 0 amide bonds. The van der Waals surface area contributed by atoms with Crippen molar-refractivity contribution in [3.8, 4) is 0 Å². The highest BCUT2D eigenvalue weighted by molar-refractivity contribution is 5.89. The van der Waals surface area contributed by atoms with Crippen LogP contribution in [0.2, 0.25) is 0 Å². The zero-order chi connectivity index (χ0) is 35.3. The lowest BCUT2D eigenvalue weighted by molar-refractivity contribution is -0.244. The monoisotopic (exact) mass is 678 g/mol. The van der Waals surface area contributed by atoms with Gasteiger partial charge in [0.05, 0.1) is 24.4 Å². The highest BCUT2D eigenvalue weighted by atomic mass is 16.6. The number of carbonyl (C=O) groups is 2. The zero-order valence-electron chi connectivity index (χ0n) is 28.6. The molecule has 2 heterocycles. The highest BCUT2D eigenvalue weighted by Crippen LogP contribution is 2.33. The molecule has 0 radical (unpaired) electrons. The molecule has 0 saturated carbocycles. The second-order valence-electron chi connectivity index (χ2n) is 13.6. The van der Waals surface area contributed by atoms with Crippen molar-refractivity contribution in [2.24, 2.45) is 11.8 Å². The average Bonchev–Trinajstić information content (AvgIpc) is 3.03. The summed E-state index contributed by atoms with van der Waals surface area (Å²) in [4.78, 5) is 27.4. The Morgan fingerprint density at radius 1 is 0.532 bits per heavy atom. The molecule has 2 saturated heterocycles. The molecule has 0 aromatic rings. The van der Waals surface area contributed by atoms with Crippen molar-refractivity contribution in [3.05, 3.63) is 0 Å². The number of esters is 2. The number of rotatable bonds is 20. The first-order valence-electron chi connectivity index (χ1n) is 17.8. The van der Waals surface area contributed by atoms with Crippen LogP contribution < -0.4 is 0 Å². The van der Waals surface area contributed by atoms with E-state index in [0.717, 1.165) is 64.2 Å². The Bertz CT molecular complexity index is 905. The quantitative estimate of drug-likeness (QED) is 0.0517. The summed E-state index contributed by atoms with van der Waals surface area (Å²) < 4.78 is 16.6. The van der Waals surface area contributed by atoms with Crippen molar-refractivity contribution in [2.75, 3.05) is 0 Å². The maximum atomic E-state index is 13.7. The Morgan fingerprint density at radius 3 is 1.19 bits per heavy atom. The first-order chi connectivity index (χ1) is 22.3. The maximum absolute atomic E-state index is 13.7. The lowest BCUT2D eigenvalue weighted by Crippen LogP contribution is -2.62. The molecule has 13 heteroatoms. The third-order valence-corrected chi connectivity index (χ3v) is 9.77. The van der Waals surface area contributed by atoms with Crippen LogP contribution in [0.5, 0.6) is 0 Å². The van der Waals surface area contributed by atoms with Crippen molar-refractivity contribution in [2.45, 2.75) is 191 Å². The third kappa shape index (κ3) is 11.9. The molecule has 0 spiro atoms. The molecule has 276 valence electrons. The fraction of sp³-hybridized carbons (Fsp3) is 0.941. The van der Waals surface area contributed by atoms with Crippen molar-refractivity contribution >= 4 is 11.9 Å². The first-order valence-corrected chi connectivity index (χ1v) is 17.8. The van der Waals surface area contributed by atoms with E-state index in [2.05, 4.69) is 13.8 Å². The Hall–Kier alpha value is -1.26. The molecule has 8 N–H and O–H groups in total. The van der Waals surface area contributed by atoms with Gasteiger partial charge >= 0.3 is 11.9 Å². The van der Waals surface area contributed by atoms with Crippen LogP contribution in [0.15, 0.2) is 0 Å². The fourth-order valence-electron chi connectivity index (χ4n) is 6.64. The molecule has 0 bridgehead atoms. The Balaban J connectivity index is 2.30. The summed E-state index contributed by atoms with van der Waals surface area (Å²) in [5.74, 6) is -5.89. The maximum Gasteiger partial charge on any atom is 0.322 e. The predicted octanol–water partition coefficient (Wildman–Crippen LogP) is 1.25. The molecule has 47 heavy (non-hydrogen) atoms. The van der Waals surface area contributed by atoms with Crippen molar-refractivity contribution in [1.29, 1.82) is 0 Å². The second-order valence-corrected chi connectivity index (χ2v) is 13.6. The SMILES string of the molecule is CCCCCCCCCC(O)C(C(=O)OC(=O)C(C(O)CCCCCCC)[C@@H]1O[C@@H](C)[C@H](O)[C@@H](O)[C@H]1O)[C@@H]1O[C@@H](C)[C@H](O)[C@@H](O)[C@H]1O. The number of unbranched alkanes of at least 4 members (excludes halogenated alkanes) is 10. The van der Waals surface area contributed by atoms with Gasteiger partial charge in [0.25, 0.3) is 0 Å². The Labute approximate surface area is 279 Å². The minimum Gasteiger partial charge on any atom is -0.392 e. The van der Waals surface area contributed by atoms with Crippen LogP contribution in [0.25, 0.3) is 0 Å². The van der Waals surface area contributed by atoms with Crippen LogP contribution in [0.3, 0.4) is 0 Å². The summed E-state index contributed by atoms with van der Waals surface area (Å²) in [6.07, 6.45) is -7.10. The predicted molar refractivity (Wildman–Crippen MR) is 171 cm³/mol. The van der Waals surface area contributed by atoms with Crippen molar-refractivity contribution in [3.63, 3.8) is 0 Å². The first kappa shape index (κ1) is 41.9. The van der Waals surface area contributed by atoms with E-state index in [1.54, 1.807) is 0 Å². The van der Waals surface area contributed by atoms with Crippen LogP contribution in [0.1, 0.15) is 118 Å². The lowest BCUT2D eigenvalue weighted by atomic mass is 9.82. The zero-order valence-corrected chi connectivity index (χ0v) is 28.6. The molecule has 14 atom stereocenters. The molecule has 0 aromatic carbocycles. The normalized spacial score (nSPS) is 34.0. The molecule has 13 nitrogen and oxygen atoms in total. The smallest absolute Gasteiger partial charge is 0.322 e. The van der Waals surface area contributed by atoms with Gasteiger partial charge in [-0.15, -0.1) is 0 Å². The van der Waals surface area contributed by atoms with E-state index in [1.165, 1.54) is 13.8 Å². The molecule has 0 aromatic heterocycles. The van der Waals surface area contributed by atoms with Gasteiger partial charge in [0.2, 0.25) is 0 Å². The van der Waals surface area contributed by atoms with Crippen molar-refractivity contribution in [1.82, 2.24) is 0 Å². The van der Waals surface area contributed by atoms with Crippen LogP contribution in [-0.2, 0) is 23.8 Å². The van der Waals surface area contributed by atoms with Crippen molar-refractivity contribution < 1.29 is 64.7 Å². The van der Waals surface area contributed by atoms with E-state index >= 15 is 0 Å².